The lowest BCUT2D eigenvalue weighted by atomic mass is 10.1. The molecule has 2 N–H and O–H groups in total. The van der Waals surface area contributed by atoms with Gasteiger partial charge in [-0.25, -0.2) is 8.42 Å². The maximum absolute atomic E-state index is 12.6. The van der Waals surface area contributed by atoms with Crippen LogP contribution in [0.25, 0.3) is 0 Å². The van der Waals surface area contributed by atoms with Gasteiger partial charge in [-0.15, -0.1) is 0 Å². The summed E-state index contributed by atoms with van der Waals surface area (Å²) < 4.78 is 61.2. The quantitative estimate of drug-likeness (QED) is 0.472. The Morgan fingerprint density at radius 2 is 1.77 bits per heavy atom. The third kappa shape index (κ3) is 6.58. The largest absolute Gasteiger partial charge is 0.511 e. The molecule has 1 saturated heterocycles. The fourth-order valence-corrected chi connectivity index (χ4v) is 3.73. The van der Waals surface area contributed by atoms with E-state index >= 15 is 0 Å². The van der Waals surface area contributed by atoms with E-state index in [-0.39, 0.29) is 19.1 Å². The second-order valence-corrected chi connectivity index (χ2v) is 7.99. The number of piperidine rings is 1. The highest BCUT2D eigenvalue weighted by molar-refractivity contribution is 7.90. The molecule has 1 aliphatic heterocycles. The molecule has 0 unspecified atom stereocenters. The number of likely N-dealkylation sites (N-methyl/N-ethyl adjacent to an activating group) is 1. The monoisotopic (exact) mass is 401 g/mol. The van der Waals surface area contributed by atoms with Gasteiger partial charge in [0.2, 0.25) is 0 Å². The van der Waals surface area contributed by atoms with Gasteiger partial charge in [-0.05, 0) is 32.9 Å². The van der Waals surface area contributed by atoms with Crippen molar-refractivity contribution in [3.63, 3.8) is 0 Å². The van der Waals surface area contributed by atoms with Crippen molar-refractivity contribution in [3.05, 3.63) is 0 Å². The molecule has 0 amide bonds. The smallest absolute Gasteiger partial charge is 0.357 e. The summed E-state index contributed by atoms with van der Waals surface area (Å²) in [4.78, 5) is 6.73. The first kappa shape index (κ1) is 23.0. The summed E-state index contributed by atoms with van der Waals surface area (Å²) in [6.45, 7) is 9.78. The van der Waals surface area contributed by atoms with Gasteiger partial charge in [0, 0.05) is 32.2 Å². The molecule has 0 atom stereocenters. The number of nitrogens with zero attached hydrogens (tertiary/aromatic N) is 3. The number of nitrogens with one attached hydrogen (secondary N) is 2. The van der Waals surface area contributed by atoms with Crippen LogP contribution in [0.15, 0.2) is 4.99 Å². The second kappa shape index (κ2) is 10.3. The van der Waals surface area contributed by atoms with E-state index in [9.17, 15) is 21.6 Å². The van der Waals surface area contributed by atoms with Crippen molar-refractivity contribution in [2.24, 2.45) is 4.99 Å². The van der Waals surface area contributed by atoms with Crippen molar-refractivity contribution in [1.82, 2.24) is 19.8 Å². The molecule has 1 heterocycles. The molecule has 0 spiro atoms. The first-order valence-electron chi connectivity index (χ1n) is 8.99. The average molecular weight is 401 g/mol. The molecule has 0 radical (unpaired) electrons. The Labute approximate surface area is 154 Å². The fraction of sp³-hybridized carbons (Fsp3) is 0.933. The minimum absolute atomic E-state index is 0.110. The Balaban J connectivity index is 2.57. The van der Waals surface area contributed by atoms with Crippen LogP contribution in [0.3, 0.4) is 0 Å². The van der Waals surface area contributed by atoms with Gasteiger partial charge in [0.05, 0.1) is 6.54 Å². The van der Waals surface area contributed by atoms with Crippen LogP contribution in [0.1, 0.15) is 33.6 Å². The van der Waals surface area contributed by atoms with Crippen LogP contribution in [0.4, 0.5) is 13.2 Å². The minimum Gasteiger partial charge on any atom is -0.357 e. The number of guanidine groups is 1. The van der Waals surface area contributed by atoms with Crippen LogP contribution in [-0.2, 0) is 10.0 Å². The molecule has 26 heavy (non-hydrogen) atoms. The van der Waals surface area contributed by atoms with Gasteiger partial charge in [0.1, 0.15) is 0 Å². The summed E-state index contributed by atoms with van der Waals surface area (Å²) >= 11 is 0. The van der Waals surface area contributed by atoms with Crippen molar-refractivity contribution in [1.29, 1.82) is 0 Å². The van der Waals surface area contributed by atoms with Crippen molar-refractivity contribution < 1.29 is 21.6 Å². The molecule has 0 aromatic heterocycles. The van der Waals surface area contributed by atoms with Gasteiger partial charge in [-0.1, -0.05) is 13.8 Å². The number of halogens is 3. The lowest BCUT2D eigenvalue weighted by Crippen LogP contribution is -2.51. The Kier molecular flexibility index (Phi) is 9.11. The average Bonchev–Trinajstić information content (AvgIpc) is 2.58. The molecule has 1 fully saturated rings. The number of alkyl halides is 3. The first-order chi connectivity index (χ1) is 12.2. The standard InChI is InChI=1S/C15H30F3N5O2S/c1-4-19-14(20-9-12-22(5-2)6-3)21-13-7-10-23(11-8-13)26(24,25)15(16,17)18/h13H,4-12H2,1-3H3,(H2,19,20,21). The predicted molar refractivity (Wildman–Crippen MR) is 96.5 cm³/mol. The molecule has 1 aliphatic rings. The summed E-state index contributed by atoms with van der Waals surface area (Å²) in [6.07, 6.45) is 0.603. The van der Waals surface area contributed by atoms with Crippen molar-refractivity contribution in [3.8, 4) is 0 Å². The molecular weight excluding hydrogens is 371 g/mol. The molecule has 0 aromatic rings. The fourth-order valence-electron chi connectivity index (χ4n) is 2.74. The summed E-state index contributed by atoms with van der Waals surface area (Å²) in [6, 6.07) is -0.110. The highest BCUT2D eigenvalue weighted by Crippen LogP contribution is 2.28. The maximum Gasteiger partial charge on any atom is 0.511 e. The normalized spacial score (nSPS) is 18.3. The number of hydrogen-bond donors (Lipinski definition) is 2. The third-order valence-corrected chi connectivity index (χ3v) is 5.98. The Hall–Kier alpha value is -1.07. The van der Waals surface area contributed by atoms with Crippen LogP contribution in [0.5, 0.6) is 0 Å². The van der Waals surface area contributed by atoms with Gasteiger partial charge in [0.15, 0.2) is 5.96 Å². The van der Waals surface area contributed by atoms with E-state index in [1.165, 1.54) is 0 Å². The molecule has 7 nitrogen and oxygen atoms in total. The summed E-state index contributed by atoms with van der Waals surface area (Å²) in [7, 11) is -5.24. The van der Waals surface area contributed by atoms with Gasteiger partial charge < -0.3 is 15.5 Å². The van der Waals surface area contributed by atoms with E-state index in [4.69, 9.17) is 0 Å². The zero-order valence-corrected chi connectivity index (χ0v) is 16.5. The van der Waals surface area contributed by atoms with E-state index in [1.54, 1.807) is 0 Å². The number of aliphatic imine (C=N–C) groups is 1. The minimum atomic E-state index is -5.24. The van der Waals surface area contributed by atoms with Crippen molar-refractivity contribution >= 4 is 16.0 Å². The van der Waals surface area contributed by atoms with E-state index in [2.05, 4.69) is 34.4 Å². The molecule has 1 rings (SSSR count). The SMILES string of the molecule is CCNC(=NCCN(CC)CC)NC1CCN(S(=O)(=O)C(F)(F)F)CC1. The molecule has 0 bridgehead atoms. The summed E-state index contributed by atoms with van der Waals surface area (Å²) in [5.41, 5.74) is -5.24. The Morgan fingerprint density at radius 3 is 2.23 bits per heavy atom. The molecule has 154 valence electrons. The Morgan fingerprint density at radius 1 is 1.19 bits per heavy atom. The Bertz CT molecular complexity index is 542. The zero-order valence-electron chi connectivity index (χ0n) is 15.6. The molecule has 0 aromatic carbocycles. The first-order valence-corrected chi connectivity index (χ1v) is 10.4. The maximum atomic E-state index is 12.6. The van der Waals surface area contributed by atoms with Gasteiger partial charge in [0.25, 0.3) is 0 Å². The summed E-state index contributed by atoms with van der Waals surface area (Å²) in [5, 5.41) is 6.31. The molecule has 0 saturated carbocycles. The van der Waals surface area contributed by atoms with Crippen LogP contribution >= 0.6 is 0 Å². The molecule has 11 heteroatoms. The van der Waals surface area contributed by atoms with Crippen LogP contribution in [-0.4, -0.2) is 80.9 Å². The third-order valence-electron chi connectivity index (χ3n) is 4.35. The number of hydrogen-bond acceptors (Lipinski definition) is 4. The van der Waals surface area contributed by atoms with E-state index < -0.39 is 15.5 Å². The van der Waals surface area contributed by atoms with Crippen LogP contribution < -0.4 is 10.6 Å². The van der Waals surface area contributed by atoms with Crippen molar-refractivity contribution in [2.45, 2.75) is 45.2 Å². The highest BCUT2D eigenvalue weighted by atomic mass is 32.2. The van der Waals surface area contributed by atoms with Gasteiger partial charge in [-0.3, -0.25) is 4.99 Å². The van der Waals surface area contributed by atoms with Crippen LogP contribution in [0, 0.1) is 0 Å². The second-order valence-electron chi connectivity index (χ2n) is 6.06. The predicted octanol–water partition coefficient (Wildman–Crippen LogP) is 1.20. The van der Waals surface area contributed by atoms with E-state index in [0.717, 1.165) is 19.6 Å². The van der Waals surface area contributed by atoms with Crippen LogP contribution in [0.2, 0.25) is 0 Å². The number of rotatable bonds is 8. The van der Waals surface area contributed by atoms with Gasteiger partial charge in [-0.2, -0.15) is 17.5 Å². The van der Waals surface area contributed by atoms with E-state index in [0.29, 0.717) is 36.2 Å². The zero-order chi connectivity index (χ0) is 19.8. The van der Waals surface area contributed by atoms with E-state index in [1.807, 2.05) is 6.92 Å². The van der Waals surface area contributed by atoms with Gasteiger partial charge >= 0.3 is 15.5 Å². The lowest BCUT2D eigenvalue weighted by molar-refractivity contribution is -0.0494. The lowest BCUT2D eigenvalue weighted by Gasteiger charge is -2.32. The number of sulfonamides is 1. The highest BCUT2D eigenvalue weighted by Gasteiger charge is 2.50. The van der Waals surface area contributed by atoms with Crippen molar-refractivity contribution in [2.75, 3.05) is 45.8 Å². The molecule has 0 aliphatic carbocycles. The molecular formula is C15H30F3N5O2S. The summed E-state index contributed by atoms with van der Waals surface area (Å²) in [5.74, 6) is 0.608. The topological polar surface area (TPSA) is 77.0 Å².